The van der Waals surface area contributed by atoms with Gasteiger partial charge in [-0.25, -0.2) is 0 Å². The van der Waals surface area contributed by atoms with Gasteiger partial charge in [-0.15, -0.1) is 0 Å². The quantitative estimate of drug-likeness (QED) is 0.176. The van der Waals surface area contributed by atoms with Gasteiger partial charge in [0.1, 0.15) is 6.17 Å². The van der Waals surface area contributed by atoms with Crippen LogP contribution in [0.25, 0.3) is 0 Å². The Hall–Kier alpha value is -0.660. The molecule has 0 aromatic rings. The average Bonchev–Trinajstić information content (AvgIpc) is 3.12. The highest BCUT2D eigenvalue weighted by Gasteiger charge is 2.23. The molecule has 2 heteroatoms. The molecule has 1 aliphatic rings. The molecule has 0 aliphatic carbocycles. The van der Waals surface area contributed by atoms with E-state index in [1.54, 1.807) is 0 Å². The van der Waals surface area contributed by atoms with Crippen LogP contribution >= 0.6 is 0 Å². The molecule has 0 spiro atoms. The molecule has 0 N–H and O–H groups in total. The first-order valence-corrected chi connectivity index (χ1v) is 13.5. The molecule has 1 heterocycles. The van der Waals surface area contributed by atoms with Crippen LogP contribution in [0.5, 0.6) is 0 Å². The van der Waals surface area contributed by atoms with Crippen molar-refractivity contribution in [2.45, 2.75) is 149 Å². The highest BCUT2D eigenvalue weighted by Crippen LogP contribution is 2.21. The molecule has 0 saturated heterocycles. The third kappa shape index (κ3) is 13.3. The second-order valence-electron chi connectivity index (χ2n) is 9.29. The molecule has 0 bridgehead atoms. The largest absolute Gasteiger partial charge is 0.356 e. The number of nitrogens with zero attached hydrogens (tertiary/aromatic N) is 2. The van der Waals surface area contributed by atoms with Crippen LogP contribution in [0, 0.1) is 0 Å². The molecular weight excluding hydrogens is 352 g/mol. The van der Waals surface area contributed by atoms with E-state index < -0.39 is 0 Å². The zero-order valence-corrected chi connectivity index (χ0v) is 20.5. The highest BCUT2D eigenvalue weighted by molar-refractivity contribution is 4.96. The van der Waals surface area contributed by atoms with E-state index in [0.717, 1.165) is 6.54 Å². The van der Waals surface area contributed by atoms with E-state index in [1.165, 1.54) is 129 Å². The van der Waals surface area contributed by atoms with Crippen LogP contribution in [0.4, 0.5) is 0 Å². The highest BCUT2D eigenvalue weighted by atomic mass is 15.4. The summed E-state index contributed by atoms with van der Waals surface area (Å²) in [6.07, 6.45) is 32.5. The molecule has 0 amide bonds. The van der Waals surface area contributed by atoms with Gasteiger partial charge in [0.05, 0.1) is 0 Å². The molecule has 0 radical (unpaired) electrons. The summed E-state index contributed by atoms with van der Waals surface area (Å²) in [5, 5.41) is 0. The molecule has 0 fully saturated rings. The second-order valence-corrected chi connectivity index (χ2v) is 9.29. The minimum atomic E-state index is 0.631. The van der Waals surface area contributed by atoms with Gasteiger partial charge >= 0.3 is 0 Å². The van der Waals surface area contributed by atoms with Gasteiger partial charge < -0.3 is 9.80 Å². The summed E-state index contributed by atoms with van der Waals surface area (Å²) in [6.45, 7) is 9.26. The fraction of sp³-hybridized carbons (Fsp3) is 0.926. The van der Waals surface area contributed by atoms with E-state index in [9.17, 15) is 0 Å². The van der Waals surface area contributed by atoms with E-state index in [2.05, 4.69) is 43.0 Å². The third-order valence-corrected chi connectivity index (χ3v) is 6.65. The van der Waals surface area contributed by atoms with Crippen molar-refractivity contribution in [3.63, 3.8) is 0 Å². The van der Waals surface area contributed by atoms with Crippen molar-refractivity contribution < 1.29 is 0 Å². The van der Waals surface area contributed by atoms with Crippen molar-refractivity contribution in [1.29, 1.82) is 0 Å². The molecule has 29 heavy (non-hydrogen) atoms. The fourth-order valence-corrected chi connectivity index (χ4v) is 4.71. The van der Waals surface area contributed by atoms with Crippen molar-refractivity contribution in [3.8, 4) is 0 Å². The number of rotatable bonds is 21. The maximum atomic E-state index is 2.58. The predicted molar refractivity (Wildman–Crippen MR) is 131 cm³/mol. The lowest BCUT2D eigenvalue weighted by Crippen LogP contribution is -2.38. The number of unbranched alkanes of at least 4 members (excludes halogenated alkanes) is 16. The lowest BCUT2D eigenvalue weighted by Gasteiger charge is -2.32. The summed E-state index contributed by atoms with van der Waals surface area (Å²) in [6, 6.07) is 0. The maximum absolute atomic E-state index is 2.58. The minimum absolute atomic E-state index is 0.631. The van der Waals surface area contributed by atoms with E-state index >= 15 is 0 Å². The normalized spacial score (nSPS) is 16.3. The van der Waals surface area contributed by atoms with Crippen LogP contribution < -0.4 is 0 Å². The Morgan fingerprint density at radius 2 is 0.897 bits per heavy atom. The molecule has 0 aromatic carbocycles. The van der Waals surface area contributed by atoms with Gasteiger partial charge in [-0.05, 0) is 19.8 Å². The SMILES string of the molecule is CCCCCCCCCCCCCCCCCCCN1C=CN(CC)C1CCC. The van der Waals surface area contributed by atoms with Crippen LogP contribution in [0.2, 0.25) is 0 Å². The molecule has 0 aromatic heterocycles. The average molecular weight is 407 g/mol. The Bertz CT molecular complexity index is 366. The first-order valence-electron chi connectivity index (χ1n) is 13.5. The summed E-state index contributed by atoms with van der Waals surface area (Å²) in [5.74, 6) is 0. The molecule has 1 atom stereocenters. The second kappa shape index (κ2) is 19.3. The smallest absolute Gasteiger partial charge is 0.101 e. The first kappa shape index (κ1) is 26.4. The van der Waals surface area contributed by atoms with E-state index in [1.807, 2.05) is 0 Å². The number of hydrogen-bond donors (Lipinski definition) is 0. The maximum Gasteiger partial charge on any atom is 0.101 e. The lowest BCUT2D eigenvalue weighted by atomic mass is 10.0. The van der Waals surface area contributed by atoms with Crippen LogP contribution in [0.1, 0.15) is 143 Å². The standard InChI is InChI=1S/C27H54N2/c1-4-7-8-9-10-11-12-13-14-15-16-17-18-19-20-21-22-24-29-26-25-28(6-3)27(29)23-5-2/h25-27H,4-24H2,1-3H3. The van der Waals surface area contributed by atoms with Crippen LogP contribution in [-0.4, -0.2) is 29.1 Å². The first-order chi connectivity index (χ1) is 14.3. The number of hydrogen-bond acceptors (Lipinski definition) is 2. The summed E-state index contributed by atoms with van der Waals surface area (Å²) in [7, 11) is 0. The van der Waals surface area contributed by atoms with Crippen molar-refractivity contribution in [1.82, 2.24) is 9.80 Å². The van der Waals surface area contributed by atoms with E-state index in [4.69, 9.17) is 0 Å². The molecule has 1 rings (SSSR count). The molecule has 2 nitrogen and oxygen atoms in total. The Morgan fingerprint density at radius 3 is 1.31 bits per heavy atom. The third-order valence-electron chi connectivity index (χ3n) is 6.65. The lowest BCUT2D eigenvalue weighted by molar-refractivity contribution is 0.145. The Morgan fingerprint density at radius 1 is 0.483 bits per heavy atom. The van der Waals surface area contributed by atoms with Crippen molar-refractivity contribution in [3.05, 3.63) is 12.4 Å². The molecular formula is C27H54N2. The minimum Gasteiger partial charge on any atom is -0.356 e. The van der Waals surface area contributed by atoms with Crippen LogP contribution in [0.3, 0.4) is 0 Å². The topological polar surface area (TPSA) is 6.48 Å². The molecule has 1 aliphatic heterocycles. The monoisotopic (exact) mass is 406 g/mol. The summed E-state index contributed by atoms with van der Waals surface area (Å²) in [5.41, 5.74) is 0. The van der Waals surface area contributed by atoms with Crippen LogP contribution in [-0.2, 0) is 0 Å². The molecule has 1 unspecified atom stereocenters. The molecule has 0 saturated carbocycles. The molecule has 172 valence electrons. The Labute approximate surface area is 184 Å². The Kier molecular flexibility index (Phi) is 17.6. The predicted octanol–water partition coefficient (Wildman–Crippen LogP) is 8.87. The zero-order chi connectivity index (χ0) is 21.0. The van der Waals surface area contributed by atoms with Gasteiger partial charge in [0.15, 0.2) is 0 Å². The van der Waals surface area contributed by atoms with Crippen molar-refractivity contribution in [2.75, 3.05) is 13.1 Å². The summed E-state index contributed by atoms with van der Waals surface area (Å²) < 4.78 is 0. The van der Waals surface area contributed by atoms with Gasteiger partial charge in [-0.1, -0.05) is 123 Å². The van der Waals surface area contributed by atoms with E-state index in [-0.39, 0.29) is 0 Å². The Balaban J connectivity index is 1.81. The zero-order valence-electron chi connectivity index (χ0n) is 20.5. The van der Waals surface area contributed by atoms with Crippen molar-refractivity contribution in [2.24, 2.45) is 0 Å². The van der Waals surface area contributed by atoms with Gasteiger partial charge in [-0.2, -0.15) is 0 Å². The summed E-state index contributed by atoms with van der Waals surface area (Å²) >= 11 is 0. The van der Waals surface area contributed by atoms with Crippen LogP contribution in [0.15, 0.2) is 12.4 Å². The van der Waals surface area contributed by atoms with Gasteiger partial charge in [-0.3, -0.25) is 0 Å². The summed E-state index contributed by atoms with van der Waals surface area (Å²) in [4.78, 5) is 5.08. The van der Waals surface area contributed by atoms with Gasteiger partial charge in [0.25, 0.3) is 0 Å². The van der Waals surface area contributed by atoms with Gasteiger partial charge in [0.2, 0.25) is 0 Å². The van der Waals surface area contributed by atoms with Gasteiger partial charge in [0, 0.05) is 25.5 Å². The fourth-order valence-electron chi connectivity index (χ4n) is 4.71. The van der Waals surface area contributed by atoms with Crippen molar-refractivity contribution >= 4 is 0 Å². The van der Waals surface area contributed by atoms with E-state index in [0.29, 0.717) is 6.17 Å².